The molecule has 1 aromatic carbocycles. The Bertz CT molecular complexity index is 642. The minimum Gasteiger partial charge on any atom is -0.484 e. The van der Waals surface area contributed by atoms with Crippen molar-refractivity contribution in [3.8, 4) is 5.75 Å². The van der Waals surface area contributed by atoms with Gasteiger partial charge in [0.15, 0.2) is 12.7 Å². The topological polar surface area (TPSA) is 84.9 Å². The van der Waals surface area contributed by atoms with Crippen LogP contribution in [0.25, 0.3) is 0 Å². The van der Waals surface area contributed by atoms with E-state index in [-0.39, 0.29) is 25.0 Å². The Morgan fingerprint density at radius 3 is 2.25 bits per heavy atom. The molecule has 0 radical (unpaired) electrons. The number of carbonyl (C=O) groups is 2. The van der Waals surface area contributed by atoms with E-state index in [2.05, 4.69) is 26.1 Å². The highest BCUT2D eigenvalue weighted by molar-refractivity contribution is 5.77. The van der Waals surface area contributed by atoms with E-state index in [1.54, 1.807) is 24.3 Å². The number of rotatable bonds is 8. The van der Waals surface area contributed by atoms with Gasteiger partial charge in [0.2, 0.25) is 0 Å². The first-order valence-corrected chi connectivity index (χ1v) is 9.95. The lowest BCUT2D eigenvalue weighted by molar-refractivity contribution is -0.148. The Hall–Kier alpha value is -2.08. The zero-order valence-corrected chi connectivity index (χ0v) is 17.4. The standard InChI is InChI=1S/C22H33NO5/c1-22(2,3)16-7-9-17(10-8-16)23-20(24)14-28-18-11-5-15(6-12-18)13-19(27-4)21(25)26/h5-6,11-12,16-17,19H,7-10,13-14H2,1-4H3,(H,23,24)(H,25,26)/t16-,17-,19?. The Labute approximate surface area is 167 Å². The van der Waals surface area contributed by atoms with Crippen molar-refractivity contribution in [3.63, 3.8) is 0 Å². The van der Waals surface area contributed by atoms with Gasteiger partial charge in [0.1, 0.15) is 5.75 Å². The first-order chi connectivity index (χ1) is 13.2. The van der Waals surface area contributed by atoms with Crippen molar-refractivity contribution in [1.82, 2.24) is 5.32 Å². The maximum Gasteiger partial charge on any atom is 0.333 e. The van der Waals surface area contributed by atoms with Crippen molar-refractivity contribution in [3.05, 3.63) is 29.8 Å². The molecule has 6 nitrogen and oxygen atoms in total. The number of aliphatic carboxylic acids is 1. The summed E-state index contributed by atoms with van der Waals surface area (Å²) in [7, 11) is 1.38. The number of hydrogen-bond acceptors (Lipinski definition) is 4. The molecule has 28 heavy (non-hydrogen) atoms. The molecule has 0 spiro atoms. The monoisotopic (exact) mass is 391 g/mol. The van der Waals surface area contributed by atoms with Crippen LogP contribution in [0.1, 0.15) is 52.0 Å². The van der Waals surface area contributed by atoms with Crippen LogP contribution in [0.2, 0.25) is 0 Å². The summed E-state index contributed by atoms with van der Waals surface area (Å²) in [6.45, 7) is 6.83. The minimum absolute atomic E-state index is 0.0195. The fourth-order valence-electron chi connectivity index (χ4n) is 3.73. The van der Waals surface area contributed by atoms with E-state index in [4.69, 9.17) is 14.6 Å². The third-order valence-corrected chi connectivity index (χ3v) is 5.59. The summed E-state index contributed by atoms with van der Waals surface area (Å²) in [6.07, 6.45) is 3.75. The summed E-state index contributed by atoms with van der Waals surface area (Å²) < 4.78 is 10.5. The predicted octanol–water partition coefficient (Wildman–Crippen LogP) is 3.43. The van der Waals surface area contributed by atoms with Gasteiger partial charge in [-0.2, -0.15) is 0 Å². The zero-order chi connectivity index (χ0) is 20.7. The molecule has 0 heterocycles. The van der Waals surface area contributed by atoms with Crippen molar-refractivity contribution in [1.29, 1.82) is 0 Å². The lowest BCUT2D eigenvalue weighted by Gasteiger charge is -2.37. The molecule has 1 atom stereocenters. The molecule has 0 bridgehead atoms. The number of methoxy groups -OCH3 is 1. The molecular weight excluding hydrogens is 358 g/mol. The van der Waals surface area contributed by atoms with Gasteiger partial charge < -0.3 is 19.9 Å². The number of amides is 1. The molecule has 2 N–H and O–H groups in total. The first kappa shape index (κ1) is 22.2. The fourth-order valence-corrected chi connectivity index (χ4v) is 3.73. The maximum absolute atomic E-state index is 12.2. The molecule has 1 amide bonds. The molecule has 2 rings (SSSR count). The smallest absolute Gasteiger partial charge is 0.333 e. The van der Waals surface area contributed by atoms with Crippen LogP contribution in [0.15, 0.2) is 24.3 Å². The highest BCUT2D eigenvalue weighted by Gasteiger charge is 2.30. The third kappa shape index (κ3) is 6.82. The van der Waals surface area contributed by atoms with Crippen LogP contribution in [-0.4, -0.2) is 42.8 Å². The normalized spacial score (nSPS) is 21.0. The first-order valence-electron chi connectivity index (χ1n) is 9.95. The van der Waals surface area contributed by atoms with E-state index in [1.807, 2.05) is 0 Å². The van der Waals surface area contributed by atoms with Gasteiger partial charge in [0.25, 0.3) is 5.91 Å². The molecule has 0 saturated heterocycles. The van der Waals surface area contributed by atoms with Gasteiger partial charge >= 0.3 is 5.97 Å². The van der Waals surface area contributed by atoms with Crippen LogP contribution < -0.4 is 10.1 Å². The molecular formula is C22H33NO5. The van der Waals surface area contributed by atoms with Gasteiger partial charge in [0.05, 0.1) is 0 Å². The molecule has 1 aliphatic rings. The summed E-state index contributed by atoms with van der Waals surface area (Å²) in [5.41, 5.74) is 1.17. The second-order valence-electron chi connectivity index (χ2n) is 8.68. The summed E-state index contributed by atoms with van der Waals surface area (Å²) in [4.78, 5) is 23.2. The molecule has 0 aromatic heterocycles. The Morgan fingerprint density at radius 2 is 1.75 bits per heavy atom. The average molecular weight is 392 g/mol. The van der Waals surface area contributed by atoms with Crippen molar-refractivity contribution in [2.24, 2.45) is 11.3 Å². The number of carboxylic acids is 1. The molecule has 156 valence electrons. The van der Waals surface area contributed by atoms with Crippen LogP contribution in [0.5, 0.6) is 5.75 Å². The molecule has 1 fully saturated rings. The second kappa shape index (κ2) is 9.92. The highest BCUT2D eigenvalue weighted by Crippen LogP contribution is 2.37. The van der Waals surface area contributed by atoms with Gasteiger partial charge in [-0.05, 0) is 54.7 Å². The quantitative estimate of drug-likeness (QED) is 0.709. The number of benzene rings is 1. The SMILES string of the molecule is COC(Cc1ccc(OCC(=O)N[C@H]2CC[C@H](C(C)(C)C)CC2)cc1)C(=O)O. The molecule has 1 saturated carbocycles. The Kier molecular flexibility index (Phi) is 7.87. The molecule has 0 aliphatic heterocycles. The fraction of sp³-hybridized carbons (Fsp3) is 0.636. The van der Waals surface area contributed by atoms with E-state index in [1.165, 1.54) is 7.11 Å². The van der Waals surface area contributed by atoms with Crippen molar-refractivity contribution in [2.75, 3.05) is 13.7 Å². The van der Waals surface area contributed by atoms with E-state index in [0.29, 0.717) is 17.1 Å². The number of carbonyl (C=O) groups excluding carboxylic acids is 1. The summed E-state index contributed by atoms with van der Waals surface area (Å²) in [6, 6.07) is 7.29. The van der Waals surface area contributed by atoms with Gasteiger partial charge in [-0.25, -0.2) is 4.79 Å². The summed E-state index contributed by atoms with van der Waals surface area (Å²) >= 11 is 0. The average Bonchev–Trinajstić information content (AvgIpc) is 2.65. The lowest BCUT2D eigenvalue weighted by atomic mass is 9.71. The summed E-state index contributed by atoms with van der Waals surface area (Å²) in [5, 5.41) is 12.1. The second-order valence-corrected chi connectivity index (χ2v) is 8.68. The number of ether oxygens (including phenoxy) is 2. The summed E-state index contributed by atoms with van der Waals surface area (Å²) in [5.74, 6) is 0.207. The van der Waals surface area contributed by atoms with Gasteiger partial charge in [-0.1, -0.05) is 32.9 Å². The Balaban J connectivity index is 1.73. The van der Waals surface area contributed by atoms with E-state index in [9.17, 15) is 9.59 Å². The molecule has 1 aliphatic carbocycles. The van der Waals surface area contributed by atoms with E-state index >= 15 is 0 Å². The number of hydrogen-bond donors (Lipinski definition) is 2. The van der Waals surface area contributed by atoms with E-state index < -0.39 is 12.1 Å². The molecule has 1 unspecified atom stereocenters. The molecule has 1 aromatic rings. The lowest BCUT2D eigenvalue weighted by Crippen LogP contribution is -2.41. The zero-order valence-electron chi connectivity index (χ0n) is 17.4. The van der Waals surface area contributed by atoms with Gasteiger partial charge in [-0.15, -0.1) is 0 Å². The van der Waals surface area contributed by atoms with Crippen LogP contribution in [-0.2, 0) is 20.7 Å². The number of nitrogens with one attached hydrogen (secondary N) is 1. The minimum atomic E-state index is -0.990. The van der Waals surface area contributed by atoms with Crippen molar-refractivity contribution in [2.45, 2.75) is 65.0 Å². The van der Waals surface area contributed by atoms with Crippen LogP contribution >= 0.6 is 0 Å². The van der Waals surface area contributed by atoms with Crippen molar-refractivity contribution < 1.29 is 24.2 Å². The molecule has 6 heteroatoms. The van der Waals surface area contributed by atoms with Gasteiger partial charge in [-0.3, -0.25) is 4.79 Å². The Morgan fingerprint density at radius 1 is 1.14 bits per heavy atom. The third-order valence-electron chi connectivity index (χ3n) is 5.59. The van der Waals surface area contributed by atoms with Crippen molar-refractivity contribution >= 4 is 11.9 Å². The largest absolute Gasteiger partial charge is 0.484 e. The van der Waals surface area contributed by atoms with Gasteiger partial charge in [0, 0.05) is 19.6 Å². The van der Waals surface area contributed by atoms with Crippen LogP contribution in [0.3, 0.4) is 0 Å². The predicted molar refractivity (Wildman–Crippen MR) is 107 cm³/mol. The van der Waals surface area contributed by atoms with E-state index in [0.717, 1.165) is 31.2 Å². The highest BCUT2D eigenvalue weighted by atomic mass is 16.5. The number of carboxylic acid groups (broad SMARTS) is 1. The maximum atomic E-state index is 12.2. The van der Waals surface area contributed by atoms with Crippen LogP contribution in [0, 0.1) is 11.3 Å². The van der Waals surface area contributed by atoms with Crippen LogP contribution in [0.4, 0.5) is 0 Å².